The van der Waals surface area contributed by atoms with Crippen LogP contribution in [0.1, 0.15) is 49.3 Å². The summed E-state index contributed by atoms with van der Waals surface area (Å²) >= 11 is 1.50. The van der Waals surface area contributed by atoms with Crippen LogP contribution in [0.5, 0.6) is 0 Å². The molecule has 1 aliphatic carbocycles. The lowest BCUT2D eigenvalue weighted by Crippen LogP contribution is -2.40. The van der Waals surface area contributed by atoms with E-state index < -0.39 is 0 Å². The fraction of sp³-hybridized carbons (Fsp3) is 0.714. The molecule has 0 N–H and O–H groups in total. The van der Waals surface area contributed by atoms with E-state index >= 15 is 0 Å². The van der Waals surface area contributed by atoms with Gasteiger partial charge in [0.15, 0.2) is 5.82 Å². The quantitative estimate of drug-likeness (QED) is 0.860. The second-order valence-corrected chi connectivity index (χ2v) is 6.67. The number of anilines is 1. The molecular formula is C14H20N6OS. The van der Waals surface area contributed by atoms with Gasteiger partial charge >= 0.3 is 0 Å². The zero-order chi connectivity index (χ0) is 14.9. The topological polar surface area (TPSA) is 69.0 Å². The third-order valence-electron chi connectivity index (χ3n) is 4.57. The number of nitrogens with zero attached hydrogens (tertiary/aromatic N) is 6. The number of aryl methyl sites for hydroxylation is 1. The van der Waals surface area contributed by atoms with Crippen molar-refractivity contribution in [3.63, 3.8) is 0 Å². The number of ether oxygens (including phenoxy) is 1. The number of rotatable bonds is 3. The minimum atomic E-state index is 0.0608. The highest BCUT2D eigenvalue weighted by molar-refractivity contribution is 7.09. The van der Waals surface area contributed by atoms with Crippen molar-refractivity contribution in [2.45, 2.75) is 37.6 Å². The van der Waals surface area contributed by atoms with E-state index in [9.17, 15) is 0 Å². The Morgan fingerprint density at radius 3 is 2.95 bits per heavy atom. The van der Waals surface area contributed by atoms with Gasteiger partial charge in [-0.1, -0.05) is 12.8 Å². The maximum absolute atomic E-state index is 5.65. The van der Waals surface area contributed by atoms with Crippen molar-refractivity contribution in [1.82, 2.24) is 24.1 Å². The zero-order valence-corrected chi connectivity index (χ0v) is 13.5. The van der Waals surface area contributed by atoms with Gasteiger partial charge in [0.25, 0.3) is 0 Å². The molecule has 1 unspecified atom stereocenters. The van der Waals surface area contributed by atoms with Crippen LogP contribution in [0.3, 0.4) is 0 Å². The predicted octanol–water partition coefficient (Wildman–Crippen LogP) is 1.90. The first kappa shape index (κ1) is 14.1. The van der Waals surface area contributed by atoms with Gasteiger partial charge in [-0.25, -0.2) is 9.97 Å². The molecule has 2 fully saturated rings. The molecule has 2 aromatic heterocycles. The van der Waals surface area contributed by atoms with E-state index in [2.05, 4.69) is 19.4 Å². The van der Waals surface area contributed by atoms with Gasteiger partial charge in [0, 0.05) is 31.0 Å². The van der Waals surface area contributed by atoms with Crippen molar-refractivity contribution < 1.29 is 4.74 Å². The molecular weight excluding hydrogens is 300 g/mol. The molecule has 118 valence electrons. The van der Waals surface area contributed by atoms with Crippen LogP contribution in [0.2, 0.25) is 0 Å². The Kier molecular flexibility index (Phi) is 3.79. The van der Waals surface area contributed by atoms with Gasteiger partial charge in [-0.15, -0.1) is 0 Å². The van der Waals surface area contributed by atoms with E-state index in [4.69, 9.17) is 9.72 Å². The molecule has 3 heterocycles. The van der Waals surface area contributed by atoms with Crippen molar-refractivity contribution in [2.24, 2.45) is 7.05 Å². The Labute approximate surface area is 133 Å². The summed E-state index contributed by atoms with van der Waals surface area (Å²) in [6, 6.07) is 0.0608. The van der Waals surface area contributed by atoms with E-state index in [-0.39, 0.29) is 6.04 Å². The SMILES string of the molecule is Cn1ncnc1C1COCCN1c1nc(C2CCCC2)ns1. The maximum Gasteiger partial charge on any atom is 0.206 e. The van der Waals surface area contributed by atoms with Crippen molar-refractivity contribution in [2.75, 3.05) is 24.7 Å². The summed E-state index contributed by atoms with van der Waals surface area (Å²) in [6.07, 6.45) is 6.65. The number of aromatic nitrogens is 5. The van der Waals surface area contributed by atoms with E-state index in [1.807, 2.05) is 11.7 Å². The second kappa shape index (κ2) is 5.92. The van der Waals surface area contributed by atoms with Crippen LogP contribution in [-0.4, -0.2) is 43.9 Å². The summed E-state index contributed by atoms with van der Waals surface area (Å²) < 4.78 is 12.1. The van der Waals surface area contributed by atoms with Gasteiger partial charge in [0.1, 0.15) is 18.2 Å². The third-order valence-corrected chi connectivity index (χ3v) is 5.34. The Hall–Kier alpha value is -1.54. The van der Waals surface area contributed by atoms with E-state index in [0.717, 1.165) is 23.3 Å². The van der Waals surface area contributed by atoms with E-state index in [0.29, 0.717) is 19.1 Å². The molecule has 0 amide bonds. The highest BCUT2D eigenvalue weighted by atomic mass is 32.1. The smallest absolute Gasteiger partial charge is 0.206 e. The molecule has 1 saturated carbocycles. The van der Waals surface area contributed by atoms with Crippen molar-refractivity contribution in [3.8, 4) is 0 Å². The first-order chi connectivity index (χ1) is 10.8. The lowest BCUT2D eigenvalue weighted by molar-refractivity contribution is 0.0906. The minimum Gasteiger partial charge on any atom is -0.377 e. The summed E-state index contributed by atoms with van der Waals surface area (Å²) in [5.74, 6) is 2.50. The van der Waals surface area contributed by atoms with Crippen LogP contribution in [-0.2, 0) is 11.8 Å². The monoisotopic (exact) mass is 320 g/mol. The average Bonchev–Trinajstić information content (AvgIpc) is 3.28. The Morgan fingerprint density at radius 1 is 1.32 bits per heavy atom. The largest absolute Gasteiger partial charge is 0.377 e. The van der Waals surface area contributed by atoms with E-state index in [1.54, 1.807) is 6.33 Å². The third kappa shape index (κ3) is 2.50. The molecule has 2 aromatic rings. The number of hydrogen-bond acceptors (Lipinski definition) is 7. The van der Waals surface area contributed by atoms with Crippen molar-refractivity contribution >= 4 is 16.7 Å². The molecule has 2 aliphatic rings. The summed E-state index contributed by atoms with van der Waals surface area (Å²) in [6.45, 7) is 2.15. The van der Waals surface area contributed by atoms with Crippen molar-refractivity contribution in [1.29, 1.82) is 0 Å². The highest BCUT2D eigenvalue weighted by Crippen LogP contribution is 2.36. The van der Waals surface area contributed by atoms with Gasteiger partial charge in [-0.3, -0.25) is 4.68 Å². The predicted molar refractivity (Wildman–Crippen MR) is 83.0 cm³/mol. The van der Waals surface area contributed by atoms with Crippen molar-refractivity contribution in [3.05, 3.63) is 18.0 Å². The van der Waals surface area contributed by atoms with Gasteiger partial charge < -0.3 is 9.64 Å². The Balaban J connectivity index is 1.60. The normalized spacial score (nSPS) is 23.3. The molecule has 22 heavy (non-hydrogen) atoms. The van der Waals surface area contributed by atoms with Crippen LogP contribution >= 0.6 is 11.5 Å². The minimum absolute atomic E-state index is 0.0608. The van der Waals surface area contributed by atoms with Gasteiger partial charge in [-0.05, 0) is 12.8 Å². The highest BCUT2D eigenvalue weighted by Gasteiger charge is 2.31. The first-order valence-corrected chi connectivity index (χ1v) is 8.62. The molecule has 7 nitrogen and oxygen atoms in total. The summed E-state index contributed by atoms with van der Waals surface area (Å²) in [5.41, 5.74) is 0. The molecule has 0 radical (unpaired) electrons. The zero-order valence-electron chi connectivity index (χ0n) is 12.7. The van der Waals surface area contributed by atoms with Crippen LogP contribution in [0.4, 0.5) is 5.13 Å². The van der Waals surface area contributed by atoms with Crippen LogP contribution in [0, 0.1) is 0 Å². The maximum atomic E-state index is 5.65. The fourth-order valence-electron chi connectivity index (χ4n) is 3.35. The summed E-state index contributed by atoms with van der Waals surface area (Å²) in [4.78, 5) is 11.5. The molecule has 0 bridgehead atoms. The van der Waals surface area contributed by atoms with Crippen LogP contribution in [0.15, 0.2) is 6.33 Å². The van der Waals surface area contributed by atoms with E-state index in [1.165, 1.54) is 37.2 Å². The lowest BCUT2D eigenvalue weighted by Gasteiger charge is -2.34. The molecule has 4 rings (SSSR count). The molecule has 1 saturated heterocycles. The Morgan fingerprint density at radius 2 is 2.18 bits per heavy atom. The number of morpholine rings is 1. The summed E-state index contributed by atoms with van der Waals surface area (Å²) in [7, 11) is 1.92. The lowest BCUT2D eigenvalue weighted by atomic mass is 10.1. The standard InChI is InChI=1S/C14H20N6OS/c1-19-13(15-9-16-19)11-8-21-7-6-20(11)14-17-12(18-22-14)10-4-2-3-5-10/h9-11H,2-8H2,1H3. The van der Waals surface area contributed by atoms with Crippen LogP contribution in [0.25, 0.3) is 0 Å². The molecule has 1 aliphatic heterocycles. The molecule has 0 spiro atoms. The fourth-order valence-corrected chi connectivity index (χ4v) is 4.17. The van der Waals surface area contributed by atoms with Gasteiger partial charge in [0.05, 0.1) is 13.2 Å². The average molecular weight is 320 g/mol. The molecule has 8 heteroatoms. The van der Waals surface area contributed by atoms with Crippen LogP contribution < -0.4 is 4.90 Å². The molecule has 1 atom stereocenters. The number of hydrogen-bond donors (Lipinski definition) is 0. The second-order valence-electron chi connectivity index (χ2n) is 5.94. The van der Waals surface area contributed by atoms with Gasteiger partial charge in [0.2, 0.25) is 5.13 Å². The Bertz CT molecular complexity index is 635. The summed E-state index contributed by atoms with van der Waals surface area (Å²) in [5, 5.41) is 5.16. The first-order valence-electron chi connectivity index (χ1n) is 7.85. The molecule has 0 aromatic carbocycles. The van der Waals surface area contributed by atoms with Gasteiger partial charge in [-0.2, -0.15) is 9.47 Å².